The molecule has 20 heavy (non-hydrogen) atoms. The smallest absolute Gasteiger partial charge is 0.143 e. The topological polar surface area (TPSA) is 79.4 Å². The van der Waals surface area contributed by atoms with E-state index in [0.717, 1.165) is 21.1 Å². The van der Waals surface area contributed by atoms with Crippen molar-refractivity contribution in [2.75, 3.05) is 5.32 Å². The van der Waals surface area contributed by atoms with Crippen molar-refractivity contribution in [2.24, 2.45) is 0 Å². The Bertz CT molecular complexity index is 723. The quantitative estimate of drug-likeness (QED) is 0.793. The van der Waals surface area contributed by atoms with Crippen LogP contribution in [0.2, 0.25) is 0 Å². The Morgan fingerprint density at radius 3 is 2.70 bits per heavy atom. The average molecular weight is 282 g/mol. The van der Waals surface area contributed by atoms with Gasteiger partial charge in [0, 0.05) is 17.1 Å². The molecule has 0 spiro atoms. The number of nitrogens with one attached hydrogen (secondary N) is 1. The zero-order chi connectivity index (χ0) is 13.8. The molecule has 3 rings (SSSR count). The summed E-state index contributed by atoms with van der Waals surface area (Å²) in [4.78, 5) is 1.86. The molecule has 0 unspecified atom stereocenters. The van der Waals surface area contributed by atoms with E-state index in [-0.39, 0.29) is 0 Å². The Hall–Kier alpha value is -2.72. The van der Waals surface area contributed by atoms with Gasteiger partial charge < -0.3 is 5.32 Å². The zero-order valence-corrected chi connectivity index (χ0v) is 11.2. The number of benzene rings is 1. The Balaban J connectivity index is 1.65. The molecule has 1 aromatic carbocycles. The van der Waals surface area contributed by atoms with Crippen LogP contribution in [0, 0.1) is 11.3 Å². The molecule has 0 aliphatic heterocycles. The Morgan fingerprint density at radius 1 is 1.20 bits per heavy atom. The molecule has 1 N–H and O–H groups in total. The van der Waals surface area contributed by atoms with E-state index >= 15 is 0 Å². The maximum Gasteiger partial charge on any atom is 0.143 e. The summed E-state index contributed by atoms with van der Waals surface area (Å²) in [5, 5.41) is 23.1. The molecule has 0 radical (unpaired) electrons. The van der Waals surface area contributed by atoms with Crippen molar-refractivity contribution in [3.63, 3.8) is 0 Å². The minimum absolute atomic E-state index is 0.705. The molecule has 98 valence electrons. The van der Waals surface area contributed by atoms with Crippen LogP contribution in [0.1, 0.15) is 9.75 Å². The Labute approximate surface area is 119 Å². The van der Waals surface area contributed by atoms with Crippen LogP contribution in [0.5, 0.6) is 0 Å². The summed E-state index contributed by atoms with van der Waals surface area (Å²) in [7, 11) is 0. The number of anilines is 1. The molecule has 7 heteroatoms. The lowest BCUT2D eigenvalue weighted by Crippen LogP contribution is -1.99. The molecule has 2 heterocycles. The van der Waals surface area contributed by atoms with Crippen LogP contribution in [-0.2, 0) is 6.54 Å². The lowest BCUT2D eigenvalue weighted by molar-refractivity contribution is 0.789. The van der Waals surface area contributed by atoms with E-state index in [1.807, 2.05) is 36.4 Å². The first kappa shape index (κ1) is 12.3. The van der Waals surface area contributed by atoms with E-state index < -0.39 is 0 Å². The minimum Gasteiger partial charge on any atom is -0.380 e. The highest BCUT2D eigenvalue weighted by molar-refractivity contribution is 7.12. The molecule has 0 aliphatic rings. The number of thiophene rings is 1. The van der Waals surface area contributed by atoms with Gasteiger partial charge >= 0.3 is 0 Å². The van der Waals surface area contributed by atoms with E-state index in [1.54, 1.807) is 11.0 Å². The van der Waals surface area contributed by atoms with Gasteiger partial charge in [0.1, 0.15) is 17.3 Å². The molecule has 0 saturated heterocycles. The Morgan fingerprint density at radius 2 is 2.05 bits per heavy atom. The third-order valence-corrected chi connectivity index (χ3v) is 3.71. The molecule has 3 aromatic rings. The lowest BCUT2D eigenvalue weighted by Gasteiger charge is -2.05. The van der Waals surface area contributed by atoms with Gasteiger partial charge in [-0.15, -0.1) is 16.4 Å². The molecule has 0 fully saturated rings. The predicted molar refractivity (Wildman–Crippen MR) is 75.5 cm³/mol. The normalized spacial score (nSPS) is 10.2. The molecule has 6 nitrogen and oxygen atoms in total. The number of tetrazole rings is 1. The van der Waals surface area contributed by atoms with E-state index in [0.29, 0.717) is 6.54 Å². The Kier molecular flexibility index (Phi) is 3.39. The van der Waals surface area contributed by atoms with Crippen molar-refractivity contribution in [3.8, 4) is 11.8 Å². The zero-order valence-electron chi connectivity index (χ0n) is 10.4. The molecule has 0 aliphatic carbocycles. The van der Waals surface area contributed by atoms with Crippen LogP contribution in [0.3, 0.4) is 0 Å². The number of rotatable bonds is 4. The fourth-order valence-corrected chi connectivity index (χ4v) is 2.48. The molecule has 2 aromatic heterocycles. The van der Waals surface area contributed by atoms with Crippen molar-refractivity contribution in [1.82, 2.24) is 20.2 Å². The highest BCUT2D eigenvalue weighted by Gasteiger charge is 2.01. The monoisotopic (exact) mass is 282 g/mol. The van der Waals surface area contributed by atoms with Gasteiger partial charge in [-0.05, 0) is 46.8 Å². The maximum absolute atomic E-state index is 8.78. The van der Waals surface area contributed by atoms with E-state index in [1.165, 1.54) is 11.3 Å². The van der Waals surface area contributed by atoms with Crippen LogP contribution in [-0.4, -0.2) is 20.2 Å². The van der Waals surface area contributed by atoms with Gasteiger partial charge in [-0.25, -0.2) is 4.68 Å². The second-order valence-corrected chi connectivity index (χ2v) is 5.20. The summed E-state index contributed by atoms with van der Waals surface area (Å²) < 4.78 is 1.60. The minimum atomic E-state index is 0.705. The first-order valence-corrected chi connectivity index (χ1v) is 6.73. The highest BCUT2D eigenvalue weighted by atomic mass is 32.1. The fraction of sp³-hybridized carbons (Fsp3) is 0.0769. The van der Waals surface area contributed by atoms with Crippen molar-refractivity contribution < 1.29 is 0 Å². The molecule has 0 amide bonds. The van der Waals surface area contributed by atoms with Crippen LogP contribution < -0.4 is 5.32 Å². The van der Waals surface area contributed by atoms with Crippen LogP contribution in [0.25, 0.3) is 5.69 Å². The van der Waals surface area contributed by atoms with Gasteiger partial charge in [-0.3, -0.25) is 0 Å². The number of nitrogens with zero attached hydrogens (tertiary/aromatic N) is 5. The number of hydrogen-bond acceptors (Lipinski definition) is 6. The summed E-state index contributed by atoms with van der Waals surface area (Å²) in [6.07, 6.45) is 1.55. The highest BCUT2D eigenvalue weighted by Crippen LogP contribution is 2.18. The molecular weight excluding hydrogens is 272 g/mol. The first-order valence-electron chi connectivity index (χ1n) is 5.91. The standard InChI is InChI=1S/C13H10N6S/c14-7-12-5-6-13(20-12)8-15-10-1-3-11(4-2-10)19-9-16-17-18-19/h1-6,9,15H,8H2. The summed E-state index contributed by atoms with van der Waals surface area (Å²) in [6.45, 7) is 0.705. The van der Waals surface area contributed by atoms with Crippen molar-refractivity contribution in [1.29, 1.82) is 5.26 Å². The van der Waals surface area contributed by atoms with Gasteiger partial charge in [0.05, 0.1) is 5.69 Å². The van der Waals surface area contributed by atoms with Crippen molar-refractivity contribution in [3.05, 3.63) is 52.5 Å². The SMILES string of the molecule is N#Cc1ccc(CNc2ccc(-n3cnnn3)cc2)s1. The maximum atomic E-state index is 8.78. The van der Waals surface area contributed by atoms with E-state index in [9.17, 15) is 0 Å². The lowest BCUT2D eigenvalue weighted by atomic mass is 10.3. The van der Waals surface area contributed by atoms with Gasteiger partial charge in [0.15, 0.2) is 0 Å². The van der Waals surface area contributed by atoms with Crippen molar-refractivity contribution >= 4 is 17.0 Å². The molecule has 0 atom stereocenters. The third kappa shape index (κ3) is 2.65. The van der Waals surface area contributed by atoms with E-state index in [4.69, 9.17) is 5.26 Å². The van der Waals surface area contributed by atoms with Gasteiger partial charge in [-0.1, -0.05) is 0 Å². The number of nitriles is 1. The number of aromatic nitrogens is 4. The van der Waals surface area contributed by atoms with Crippen molar-refractivity contribution in [2.45, 2.75) is 6.54 Å². The van der Waals surface area contributed by atoms with Crippen LogP contribution in [0.15, 0.2) is 42.7 Å². The van der Waals surface area contributed by atoms with Gasteiger partial charge in [0.2, 0.25) is 0 Å². The number of hydrogen-bond donors (Lipinski definition) is 1. The molecule has 0 saturated carbocycles. The summed E-state index contributed by atoms with van der Waals surface area (Å²) >= 11 is 1.50. The average Bonchev–Trinajstić information content (AvgIpc) is 3.17. The second-order valence-electron chi connectivity index (χ2n) is 4.03. The summed E-state index contributed by atoms with van der Waals surface area (Å²) in [5.41, 5.74) is 1.91. The third-order valence-electron chi connectivity index (χ3n) is 2.72. The van der Waals surface area contributed by atoms with Gasteiger partial charge in [0.25, 0.3) is 0 Å². The largest absolute Gasteiger partial charge is 0.380 e. The predicted octanol–water partition coefficient (Wildman–Crippen LogP) is 2.21. The van der Waals surface area contributed by atoms with Crippen LogP contribution >= 0.6 is 11.3 Å². The summed E-state index contributed by atoms with van der Waals surface area (Å²) in [6, 6.07) is 13.8. The van der Waals surface area contributed by atoms with Crippen LogP contribution in [0.4, 0.5) is 5.69 Å². The van der Waals surface area contributed by atoms with E-state index in [2.05, 4.69) is 26.9 Å². The fourth-order valence-electron chi connectivity index (χ4n) is 1.73. The second kappa shape index (κ2) is 5.50. The van der Waals surface area contributed by atoms with Gasteiger partial charge in [-0.2, -0.15) is 5.26 Å². The first-order chi connectivity index (χ1) is 9.85. The molecule has 0 bridgehead atoms. The summed E-state index contributed by atoms with van der Waals surface area (Å²) in [5.74, 6) is 0. The molecular formula is C13H10N6S.